The van der Waals surface area contributed by atoms with Crippen LogP contribution < -0.4 is 5.73 Å². The zero-order valence-corrected chi connectivity index (χ0v) is 4.44. The number of rotatable bonds is 0. The largest absolute Gasteiger partial charge is 0.507 e. The highest BCUT2D eigenvalue weighted by Gasteiger charge is 2.10. The number of hydrogen-bond donors (Lipinski definition) is 3. The van der Waals surface area contributed by atoms with Crippen LogP contribution in [-0.4, -0.2) is 5.11 Å². The Labute approximate surface area is 46.7 Å². The molecule has 3 heteroatoms. The molecule has 0 aromatic rings. The Hall–Kier alpha value is -0.570. The van der Waals surface area contributed by atoms with Gasteiger partial charge in [-0.2, -0.15) is 0 Å². The molecule has 38 valence electrons. The van der Waals surface area contributed by atoms with Crippen LogP contribution in [0.3, 0.4) is 0 Å². The van der Waals surface area contributed by atoms with E-state index in [0.717, 1.165) is 0 Å². The second kappa shape index (κ2) is 1.20. The van der Waals surface area contributed by atoms with Crippen molar-refractivity contribution in [3.63, 3.8) is 0 Å². The molecule has 1 rings (SSSR count). The molecule has 7 heavy (non-hydrogen) atoms. The topological polar surface area (TPSA) is 46.2 Å². The molecular formula is C4H5NOS. The summed E-state index contributed by atoms with van der Waals surface area (Å²) in [6.07, 6.45) is 1.46. The fourth-order valence-corrected chi connectivity index (χ4v) is 0.483. The van der Waals surface area contributed by atoms with Gasteiger partial charge in [-0.15, -0.1) is 12.6 Å². The smallest absolute Gasteiger partial charge is 0.133 e. The molecule has 0 aliphatic heterocycles. The maximum absolute atomic E-state index is 8.53. The lowest BCUT2D eigenvalue weighted by Gasteiger charge is -2.09. The number of allylic oxidation sites excluding steroid dienone is 1. The maximum Gasteiger partial charge on any atom is 0.133 e. The van der Waals surface area contributed by atoms with Crippen molar-refractivity contribution in [1.82, 2.24) is 0 Å². The second-order valence-electron chi connectivity index (χ2n) is 1.33. The van der Waals surface area contributed by atoms with Gasteiger partial charge >= 0.3 is 0 Å². The van der Waals surface area contributed by atoms with Crippen molar-refractivity contribution in [2.45, 2.75) is 0 Å². The zero-order chi connectivity index (χ0) is 5.44. The third-order valence-corrected chi connectivity index (χ3v) is 1.30. The van der Waals surface area contributed by atoms with Gasteiger partial charge in [-0.3, -0.25) is 0 Å². The van der Waals surface area contributed by atoms with E-state index in [1.54, 1.807) is 0 Å². The van der Waals surface area contributed by atoms with Gasteiger partial charge in [0.2, 0.25) is 0 Å². The fourth-order valence-electron chi connectivity index (χ4n) is 0.354. The molecule has 0 heterocycles. The third kappa shape index (κ3) is 0.489. The predicted molar refractivity (Wildman–Crippen MR) is 30.9 cm³/mol. The Balaban J connectivity index is 2.73. The molecule has 0 unspecified atom stereocenters. The van der Waals surface area contributed by atoms with Crippen LogP contribution in [0.15, 0.2) is 22.4 Å². The molecule has 2 nitrogen and oxygen atoms in total. The van der Waals surface area contributed by atoms with Crippen molar-refractivity contribution in [1.29, 1.82) is 0 Å². The van der Waals surface area contributed by atoms with E-state index in [0.29, 0.717) is 10.6 Å². The number of nitrogens with two attached hydrogens (primary N) is 1. The Kier molecular flexibility index (Phi) is 0.785. The highest BCUT2D eigenvalue weighted by molar-refractivity contribution is 7.84. The van der Waals surface area contributed by atoms with Crippen LogP contribution in [0.1, 0.15) is 0 Å². The van der Waals surface area contributed by atoms with E-state index in [-0.39, 0.29) is 5.76 Å². The molecule has 0 aromatic heterocycles. The van der Waals surface area contributed by atoms with Gasteiger partial charge in [0.15, 0.2) is 0 Å². The molecule has 0 spiro atoms. The highest BCUT2D eigenvalue weighted by Crippen LogP contribution is 2.23. The predicted octanol–water partition coefficient (Wildman–Crippen LogP) is 0.542. The van der Waals surface area contributed by atoms with E-state index in [1.807, 2.05) is 0 Å². The lowest BCUT2D eigenvalue weighted by Crippen LogP contribution is -2.07. The van der Waals surface area contributed by atoms with E-state index in [2.05, 4.69) is 12.6 Å². The lowest BCUT2D eigenvalue weighted by atomic mass is 10.2. The zero-order valence-electron chi connectivity index (χ0n) is 3.55. The lowest BCUT2D eigenvalue weighted by molar-refractivity contribution is 0.422. The van der Waals surface area contributed by atoms with Crippen LogP contribution in [0.25, 0.3) is 0 Å². The molecular weight excluding hydrogens is 110 g/mol. The molecule has 0 atom stereocenters. The Morgan fingerprint density at radius 3 is 2.29 bits per heavy atom. The van der Waals surface area contributed by atoms with Gasteiger partial charge in [-0.05, 0) is 0 Å². The Morgan fingerprint density at radius 1 is 1.71 bits per heavy atom. The maximum atomic E-state index is 8.53. The van der Waals surface area contributed by atoms with Crippen LogP contribution in [-0.2, 0) is 0 Å². The summed E-state index contributed by atoms with van der Waals surface area (Å²) in [5.41, 5.74) is 5.74. The van der Waals surface area contributed by atoms with Crippen molar-refractivity contribution in [3.8, 4) is 0 Å². The molecule has 1 aliphatic rings. The average Bonchev–Trinajstić information content (AvgIpc) is 1.68. The monoisotopic (exact) mass is 115 g/mol. The molecule has 3 N–H and O–H groups in total. The number of aliphatic hydroxyl groups excluding tert-OH is 1. The van der Waals surface area contributed by atoms with Crippen LogP contribution >= 0.6 is 12.6 Å². The summed E-state index contributed by atoms with van der Waals surface area (Å²) in [5.74, 6) is 0.181. The van der Waals surface area contributed by atoms with E-state index in [9.17, 15) is 0 Å². The first-order valence-electron chi connectivity index (χ1n) is 1.81. The second-order valence-corrected chi connectivity index (χ2v) is 1.78. The Morgan fingerprint density at radius 2 is 2.29 bits per heavy atom. The summed E-state index contributed by atoms with van der Waals surface area (Å²) in [7, 11) is 0. The minimum absolute atomic E-state index is 0.181. The fraction of sp³-hybridized carbons (Fsp3) is 0. The average molecular weight is 115 g/mol. The first-order valence-corrected chi connectivity index (χ1v) is 2.26. The third-order valence-electron chi connectivity index (χ3n) is 0.808. The molecule has 0 aromatic carbocycles. The Bertz CT molecular complexity index is 159. The van der Waals surface area contributed by atoms with Crippen molar-refractivity contribution in [2.24, 2.45) is 5.73 Å². The molecule has 0 bridgehead atoms. The molecule has 0 fully saturated rings. The molecule has 0 saturated heterocycles. The van der Waals surface area contributed by atoms with Gasteiger partial charge < -0.3 is 10.8 Å². The van der Waals surface area contributed by atoms with Gasteiger partial charge in [-0.1, -0.05) is 0 Å². The summed E-state index contributed by atoms with van der Waals surface area (Å²) in [6.45, 7) is 0. The SMILES string of the molecule is NC1=C(S)C(O)=C1. The summed E-state index contributed by atoms with van der Waals surface area (Å²) < 4.78 is 0. The van der Waals surface area contributed by atoms with Crippen molar-refractivity contribution >= 4 is 12.6 Å². The van der Waals surface area contributed by atoms with Gasteiger partial charge in [0.25, 0.3) is 0 Å². The van der Waals surface area contributed by atoms with Crippen LogP contribution in [0.2, 0.25) is 0 Å². The van der Waals surface area contributed by atoms with E-state index in [4.69, 9.17) is 10.8 Å². The van der Waals surface area contributed by atoms with Crippen LogP contribution in [0, 0.1) is 0 Å². The van der Waals surface area contributed by atoms with Gasteiger partial charge in [0.05, 0.1) is 10.6 Å². The minimum atomic E-state index is 0.181. The molecule has 1 aliphatic carbocycles. The number of aliphatic hydroxyl groups is 1. The normalized spacial score (nSPS) is 18.7. The number of hydrogen-bond acceptors (Lipinski definition) is 3. The van der Waals surface area contributed by atoms with Crippen LogP contribution in [0.4, 0.5) is 0 Å². The van der Waals surface area contributed by atoms with Gasteiger partial charge in [-0.25, -0.2) is 0 Å². The summed E-state index contributed by atoms with van der Waals surface area (Å²) in [5, 5.41) is 8.53. The van der Waals surface area contributed by atoms with E-state index in [1.165, 1.54) is 6.08 Å². The van der Waals surface area contributed by atoms with Crippen molar-refractivity contribution < 1.29 is 5.11 Å². The highest BCUT2D eigenvalue weighted by atomic mass is 32.1. The minimum Gasteiger partial charge on any atom is -0.507 e. The van der Waals surface area contributed by atoms with E-state index < -0.39 is 0 Å². The van der Waals surface area contributed by atoms with Gasteiger partial charge in [0.1, 0.15) is 5.76 Å². The van der Waals surface area contributed by atoms with Crippen LogP contribution in [0.5, 0.6) is 0 Å². The molecule has 0 radical (unpaired) electrons. The number of thiol groups is 1. The summed E-state index contributed by atoms with van der Waals surface area (Å²) in [6, 6.07) is 0. The van der Waals surface area contributed by atoms with Crippen molar-refractivity contribution in [3.05, 3.63) is 22.4 Å². The quantitative estimate of drug-likeness (QED) is 0.403. The van der Waals surface area contributed by atoms with E-state index >= 15 is 0 Å². The first kappa shape index (κ1) is 4.59. The van der Waals surface area contributed by atoms with Crippen molar-refractivity contribution in [2.75, 3.05) is 0 Å². The summed E-state index contributed by atoms with van der Waals surface area (Å²) >= 11 is 3.81. The first-order chi connectivity index (χ1) is 3.22. The van der Waals surface area contributed by atoms with Gasteiger partial charge in [0, 0.05) is 6.08 Å². The summed E-state index contributed by atoms with van der Waals surface area (Å²) in [4.78, 5) is 0.500. The molecule has 0 saturated carbocycles. The standard InChI is InChI=1S/C4H5NOS/c5-2-1-3(6)4(2)7/h1,6-7H,5H2. The molecule has 0 amide bonds.